The SMILES string of the molecule is NC(=O)OCCNc1cc(Br)ccn1. The van der Waals surface area contributed by atoms with E-state index in [9.17, 15) is 4.79 Å². The molecule has 1 rings (SSSR count). The van der Waals surface area contributed by atoms with Crippen LogP contribution in [-0.2, 0) is 4.74 Å². The van der Waals surface area contributed by atoms with Gasteiger partial charge in [-0.05, 0) is 12.1 Å². The highest BCUT2D eigenvalue weighted by atomic mass is 79.9. The molecule has 0 unspecified atom stereocenters. The van der Waals surface area contributed by atoms with E-state index in [-0.39, 0.29) is 6.61 Å². The van der Waals surface area contributed by atoms with Crippen LogP contribution in [0.3, 0.4) is 0 Å². The number of carbonyl (C=O) groups is 1. The molecular weight excluding hydrogens is 250 g/mol. The normalized spacial score (nSPS) is 9.50. The van der Waals surface area contributed by atoms with Gasteiger partial charge in [-0.25, -0.2) is 9.78 Å². The van der Waals surface area contributed by atoms with Crippen LogP contribution in [0, 0.1) is 0 Å². The maximum absolute atomic E-state index is 10.2. The molecule has 0 saturated carbocycles. The number of pyridine rings is 1. The molecule has 1 heterocycles. The average molecular weight is 260 g/mol. The van der Waals surface area contributed by atoms with Gasteiger partial charge in [0.05, 0.1) is 6.54 Å². The number of rotatable bonds is 4. The van der Waals surface area contributed by atoms with E-state index in [0.717, 1.165) is 4.47 Å². The van der Waals surface area contributed by atoms with E-state index in [0.29, 0.717) is 12.4 Å². The molecule has 0 bridgehead atoms. The number of anilines is 1. The molecule has 0 aliphatic carbocycles. The number of halogens is 1. The number of aromatic nitrogens is 1. The number of carbonyl (C=O) groups excluding carboxylic acids is 1. The van der Waals surface area contributed by atoms with Crippen molar-refractivity contribution in [1.29, 1.82) is 0 Å². The van der Waals surface area contributed by atoms with Crippen molar-refractivity contribution in [1.82, 2.24) is 4.98 Å². The number of nitrogens with zero attached hydrogens (tertiary/aromatic N) is 1. The molecule has 14 heavy (non-hydrogen) atoms. The Balaban J connectivity index is 2.28. The highest BCUT2D eigenvalue weighted by Crippen LogP contribution is 2.11. The first-order valence-electron chi connectivity index (χ1n) is 3.96. The smallest absolute Gasteiger partial charge is 0.404 e. The summed E-state index contributed by atoms with van der Waals surface area (Å²) in [5.41, 5.74) is 4.78. The molecule has 0 aromatic carbocycles. The second-order valence-electron chi connectivity index (χ2n) is 2.45. The quantitative estimate of drug-likeness (QED) is 0.801. The van der Waals surface area contributed by atoms with Crippen LogP contribution in [-0.4, -0.2) is 24.2 Å². The van der Waals surface area contributed by atoms with E-state index in [1.807, 2.05) is 12.1 Å². The van der Waals surface area contributed by atoms with E-state index in [4.69, 9.17) is 5.73 Å². The van der Waals surface area contributed by atoms with Crippen LogP contribution in [0.1, 0.15) is 0 Å². The minimum atomic E-state index is -0.769. The maximum Gasteiger partial charge on any atom is 0.404 e. The third-order valence-electron chi connectivity index (χ3n) is 1.37. The van der Waals surface area contributed by atoms with Gasteiger partial charge in [0.1, 0.15) is 12.4 Å². The van der Waals surface area contributed by atoms with Gasteiger partial charge in [0.2, 0.25) is 0 Å². The van der Waals surface area contributed by atoms with Gasteiger partial charge in [0.15, 0.2) is 0 Å². The van der Waals surface area contributed by atoms with Crippen LogP contribution in [0.15, 0.2) is 22.8 Å². The van der Waals surface area contributed by atoms with Gasteiger partial charge < -0.3 is 15.8 Å². The van der Waals surface area contributed by atoms with E-state index in [1.54, 1.807) is 6.20 Å². The zero-order valence-corrected chi connectivity index (χ0v) is 8.95. The molecule has 5 nitrogen and oxygen atoms in total. The fourth-order valence-electron chi connectivity index (χ4n) is 0.832. The Bertz CT molecular complexity index is 319. The van der Waals surface area contributed by atoms with E-state index < -0.39 is 6.09 Å². The lowest BCUT2D eigenvalue weighted by molar-refractivity contribution is 0.161. The van der Waals surface area contributed by atoms with E-state index in [2.05, 4.69) is 31.0 Å². The zero-order chi connectivity index (χ0) is 10.4. The summed E-state index contributed by atoms with van der Waals surface area (Å²) >= 11 is 3.31. The van der Waals surface area contributed by atoms with Crippen LogP contribution >= 0.6 is 15.9 Å². The van der Waals surface area contributed by atoms with Gasteiger partial charge in [-0.15, -0.1) is 0 Å². The van der Waals surface area contributed by atoms with Crippen molar-refractivity contribution in [2.75, 3.05) is 18.5 Å². The van der Waals surface area contributed by atoms with Gasteiger partial charge in [0.25, 0.3) is 0 Å². The van der Waals surface area contributed by atoms with Crippen LogP contribution in [0.5, 0.6) is 0 Å². The minimum Gasteiger partial charge on any atom is -0.448 e. The number of ether oxygens (including phenoxy) is 1. The number of amides is 1. The molecule has 1 aromatic rings. The summed E-state index contributed by atoms with van der Waals surface area (Å²) < 4.78 is 5.47. The van der Waals surface area contributed by atoms with Crippen molar-refractivity contribution in [3.05, 3.63) is 22.8 Å². The molecular formula is C8H10BrN3O2. The molecule has 0 radical (unpaired) electrons. The molecule has 0 atom stereocenters. The molecule has 6 heteroatoms. The van der Waals surface area contributed by atoms with Gasteiger partial charge in [0, 0.05) is 10.7 Å². The minimum absolute atomic E-state index is 0.226. The van der Waals surface area contributed by atoms with Crippen molar-refractivity contribution in [3.63, 3.8) is 0 Å². The Kier molecular flexibility index (Phi) is 4.18. The number of nitrogens with one attached hydrogen (secondary N) is 1. The summed E-state index contributed by atoms with van der Waals surface area (Å²) in [6.07, 6.45) is 0.899. The second kappa shape index (κ2) is 5.43. The van der Waals surface area contributed by atoms with Crippen molar-refractivity contribution in [2.24, 2.45) is 5.73 Å². The fraction of sp³-hybridized carbons (Fsp3) is 0.250. The first-order valence-corrected chi connectivity index (χ1v) is 4.75. The number of nitrogens with two attached hydrogens (primary N) is 1. The third kappa shape index (κ3) is 4.08. The van der Waals surface area contributed by atoms with Crippen LogP contribution in [0.2, 0.25) is 0 Å². The molecule has 0 spiro atoms. The molecule has 1 amide bonds. The Morgan fingerprint density at radius 1 is 1.71 bits per heavy atom. The van der Waals surface area contributed by atoms with Gasteiger partial charge in [-0.2, -0.15) is 0 Å². The molecule has 0 aliphatic heterocycles. The summed E-state index contributed by atoms with van der Waals surface area (Å²) in [7, 11) is 0. The lowest BCUT2D eigenvalue weighted by Crippen LogP contribution is -2.18. The molecule has 0 fully saturated rings. The van der Waals surface area contributed by atoms with Gasteiger partial charge in [-0.3, -0.25) is 0 Å². The fourth-order valence-corrected chi connectivity index (χ4v) is 1.17. The first-order chi connectivity index (χ1) is 6.68. The Morgan fingerprint density at radius 2 is 2.50 bits per heavy atom. The zero-order valence-electron chi connectivity index (χ0n) is 7.37. The van der Waals surface area contributed by atoms with E-state index >= 15 is 0 Å². The topological polar surface area (TPSA) is 77.2 Å². The summed E-state index contributed by atoms with van der Waals surface area (Å²) in [4.78, 5) is 14.3. The average Bonchev–Trinajstić information content (AvgIpc) is 2.12. The predicted molar refractivity (Wildman–Crippen MR) is 56.0 cm³/mol. The summed E-state index contributed by atoms with van der Waals surface area (Å²) in [5.74, 6) is 0.715. The summed E-state index contributed by atoms with van der Waals surface area (Å²) in [6.45, 7) is 0.704. The molecule has 3 N–H and O–H groups in total. The lowest BCUT2D eigenvalue weighted by Gasteiger charge is -2.05. The highest BCUT2D eigenvalue weighted by Gasteiger charge is 1.95. The largest absolute Gasteiger partial charge is 0.448 e. The second-order valence-corrected chi connectivity index (χ2v) is 3.37. The molecule has 1 aromatic heterocycles. The standard InChI is InChI=1S/C8H10BrN3O2/c9-6-1-2-11-7(5-6)12-3-4-14-8(10)13/h1-2,5H,3-4H2,(H2,10,13)(H,11,12). The number of hydrogen-bond acceptors (Lipinski definition) is 4. The summed E-state index contributed by atoms with van der Waals surface area (Å²) in [6, 6.07) is 3.65. The third-order valence-corrected chi connectivity index (χ3v) is 1.87. The Labute approximate surface area is 89.8 Å². The van der Waals surface area contributed by atoms with Crippen LogP contribution in [0.25, 0.3) is 0 Å². The highest BCUT2D eigenvalue weighted by molar-refractivity contribution is 9.10. The first kappa shape index (κ1) is 10.8. The van der Waals surface area contributed by atoms with Gasteiger partial charge >= 0.3 is 6.09 Å². The van der Waals surface area contributed by atoms with Crippen LogP contribution in [0.4, 0.5) is 10.6 Å². The Hall–Kier alpha value is -1.30. The van der Waals surface area contributed by atoms with Crippen molar-refractivity contribution >= 4 is 27.8 Å². The van der Waals surface area contributed by atoms with Crippen molar-refractivity contribution < 1.29 is 9.53 Å². The molecule has 0 aliphatic rings. The number of hydrogen-bond donors (Lipinski definition) is 2. The number of primary amides is 1. The molecule has 76 valence electrons. The lowest BCUT2D eigenvalue weighted by atomic mass is 10.4. The maximum atomic E-state index is 10.2. The predicted octanol–water partition coefficient (Wildman–Crippen LogP) is 1.35. The van der Waals surface area contributed by atoms with E-state index in [1.165, 1.54) is 0 Å². The Morgan fingerprint density at radius 3 is 3.14 bits per heavy atom. The van der Waals surface area contributed by atoms with Crippen molar-refractivity contribution in [3.8, 4) is 0 Å². The van der Waals surface area contributed by atoms with Crippen molar-refractivity contribution in [2.45, 2.75) is 0 Å². The van der Waals surface area contributed by atoms with Gasteiger partial charge in [-0.1, -0.05) is 15.9 Å². The monoisotopic (exact) mass is 259 g/mol. The summed E-state index contributed by atoms with van der Waals surface area (Å²) in [5, 5.41) is 2.97. The van der Waals surface area contributed by atoms with Crippen LogP contribution < -0.4 is 11.1 Å². The molecule has 0 saturated heterocycles.